The van der Waals surface area contributed by atoms with Gasteiger partial charge in [-0.3, -0.25) is 4.79 Å². The van der Waals surface area contributed by atoms with E-state index in [9.17, 15) is 9.90 Å². The molecule has 1 aromatic rings. The van der Waals surface area contributed by atoms with Gasteiger partial charge in [0.05, 0.1) is 17.8 Å². The maximum Gasteiger partial charge on any atom is 0.312 e. The van der Waals surface area contributed by atoms with E-state index in [2.05, 4.69) is 9.97 Å². The van der Waals surface area contributed by atoms with Crippen molar-refractivity contribution in [3.63, 3.8) is 0 Å². The van der Waals surface area contributed by atoms with Crippen molar-refractivity contribution in [2.75, 3.05) is 0 Å². The van der Waals surface area contributed by atoms with E-state index >= 15 is 0 Å². The maximum atomic E-state index is 10.8. The molecule has 0 aliphatic heterocycles. The molecule has 1 unspecified atom stereocenters. The molecule has 80 valence electrons. The Bertz CT molecular complexity index is 402. The van der Waals surface area contributed by atoms with Crippen LogP contribution in [0.25, 0.3) is 0 Å². The molecule has 0 radical (unpaired) electrons. The molecule has 0 bridgehead atoms. The monoisotopic (exact) mass is 208 g/mol. The van der Waals surface area contributed by atoms with Gasteiger partial charge >= 0.3 is 5.97 Å². The Morgan fingerprint density at radius 2 is 2.27 bits per heavy atom. The number of aliphatic carboxylic acids is 1. The average molecular weight is 208 g/mol. The van der Waals surface area contributed by atoms with Crippen LogP contribution in [0.4, 0.5) is 0 Å². The third-order valence-corrected chi connectivity index (χ3v) is 2.54. The summed E-state index contributed by atoms with van der Waals surface area (Å²) in [5, 5.41) is 18.3. The minimum absolute atomic E-state index is 0.144. The number of nitrogens with zero attached hydrogens (tertiary/aromatic N) is 2. The van der Waals surface area contributed by atoms with E-state index in [1.54, 1.807) is 0 Å². The zero-order valence-corrected chi connectivity index (χ0v) is 8.34. The maximum absolute atomic E-state index is 10.8. The van der Waals surface area contributed by atoms with Gasteiger partial charge in [0.25, 0.3) is 0 Å². The second-order valence-electron chi connectivity index (χ2n) is 3.83. The van der Waals surface area contributed by atoms with Crippen molar-refractivity contribution >= 4 is 5.97 Å². The standard InChI is InChI=1S/C10H12N2O3/c1-5(10(14)15)8-7(13)4-11-9(12-8)6-2-3-6/h4-6,13H,2-3H2,1H3,(H,14,15). The van der Waals surface area contributed by atoms with Crippen molar-refractivity contribution in [3.05, 3.63) is 17.7 Å². The zero-order chi connectivity index (χ0) is 11.0. The van der Waals surface area contributed by atoms with E-state index in [4.69, 9.17) is 5.11 Å². The molecule has 15 heavy (non-hydrogen) atoms. The van der Waals surface area contributed by atoms with Crippen LogP contribution in [-0.2, 0) is 4.79 Å². The number of hydrogen-bond acceptors (Lipinski definition) is 4. The van der Waals surface area contributed by atoms with E-state index < -0.39 is 11.9 Å². The minimum atomic E-state index is -0.995. The first-order valence-electron chi connectivity index (χ1n) is 4.88. The van der Waals surface area contributed by atoms with Gasteiger partial charge in [0.1, 0.15) is 5.82 Å². The number of aromatic hydroxyl groups is 1. The Labute approximate surface area is 86.8 Å². The molecule has 1 saturated carbocycles. The first kappa shape index (κ1) is 9.89. The largest absolute Gasteiger partial charge is 0.504 e. The number of hydrogen-bond donors (Lipinski definition) is 2. The van der Waals surface area contributed by atoms with Gasteiger partial charge in [0.15, 0.2) is 5.75 Å². The lowest BCUT2D eigenvalue weighted by atomic mass is 10.1. The van der Waals surface area contributed by atoms with Crippen LogP contribution >= 0.6 is 0 Å². The Balaban J connectivity index is 2.35. The highest BCUT2D eigenvalue weighted by molar-refractivity contribution is 5.75. The van der Waals surface area contributed by atoms with Crippen LogP contribution in [0, 0.1) is 0 Å². The molecule has 1 heterocycles. The molecule has 1 aliphatic carbocycles. The number of aromatic nitrogens is 2. The summed E-state index contributed by atoms with van der Waals surface area (Å²) in [6, 6.07) is 0. The lowest BCUT2D eigenvalue weighted by Gasteiger charge is -2.08. The molecule has 1 atom stereocenters. The molecule has 2 rings (SSSR count). The van der Waals surface area contributed by atoms with Crippen LogP contribution in [-0.4, -0.2) is 26.2 Å². The number of carbonyl (C=O) groups is 1. The minimum Gasteiger partial charge on any atom is -0.504 e. The molecule has 1 aromatic heterocycles. The summed E-state index contributed by atoms with van der Waals surface area (Å²) in [7, 11) is 0. The van der Waals surface area contributed by atoms with Gasteiger partial charge in [0.2, 0.25) is 0 Å². The Kier molecular flexibility index (Phi) is 2.30. The zero-order valence-electron chi connectivity index (χ0n) is 8.34. The van der Waals surface area contributed by atoms with Crippen LogP contribution in [0.2, 0.25) is 0 Å². The van der Waals surface area contributed by atoms with Crippen LogP contribution in [0.5, 0.6) is 5.75 Å². The van der Waals surface area contributed by atoms with Crippen molar-refractivity contribution < 1.29 is 15.0 Å². The second-order valence-corrected chi connectivity index (χ2v) is 3.83. The predicted molar refractivity (Wildman–Crippen MR) is 51.7 cm³/mol. The first-order chi connectivity index (χ1) is 7.09. The topological polar surface area (TPSA) is 83.3 Å². The number of rotatable bonds is 3. The van der Waals surface area contributed by atoms with Crippen molar-refractivity contribution in [1.29, 1.82) is 0 Å². The second kappa shape index (κ2) is 3.49. The molecule has 0 amide bonds. The van der Waals surface area contributed by atoms with Gasteiger partial charge < -0.3 is 10.2 Å². The van der Waals surface area contributed by atoms with E-state index in [1.807, 2.05) is 0 Å². The average Bonchev–Trinajstić information content (AvgIpc) is 3.01. The van der Waals surface area contributed by atoms with Crippen molar-refractivity contribution in [3.8, 4) is 5.75 Å². The summed E-state index contributed by atoms with van der Waals surface area (Å²) in [6.45, 7) is 1.50. The van der Waals surface area contributed by atoms with Crippen LogP contribution in [0.1, 0.15) is 43.1 Å². The summed E-state index contributed by atoms with van der Waals surface area (Å²) < 4.78 is 0. The Morgan fingerprint density at radius 3 is 2.80 bits per heavy atom. The third-order valence-electron chi connectivity index (χ3n) is 2.54. The molecule has 1 aliphatic rings. The predicted octanol–water partition coefficient (Wildman–Crippen LogP) is 1.25. The summed E-state index contributed by atoms with van der Waals surface area (Å²) in [4.78, 5) is 18.9. The summed E-state index contributed by atoms with van der Waals surface area (Å²) >= 11 is 0. The molecule has 0 saturated heterocycles. The van der Waals surface area contributed by atoms with Gasteiger partial charge in [0, 0.05) is 5.92 Å². The fraction of sp³-hybridized carbons (Fsp3) is 0.500. The molecule has 2 N–H and O–H groups in total. The fourth-order valence-electron chi connectivity index (χ4n) is 1.38. The van der Waals surface area contributed by atoms with Gasteiger partial charge in [-0.05, 0) is 19.8 Å². The van der Waals surface area contributed by atoms with Gasteiger partial charge in [-0.1, -0.05) is 0 Å². The molecule has 0 spiro atoms. The van der Waals surface area contributed by atoms with Crippen molar-refractivity contribution in [1.82, 2.24) is 9.97 Å². The molecule has 1 fully saturated rings. The normalized spacial score (nSPS) is 17.4. The van der Waals surface area contributed by atoms with E-state index in [0.717, 1.165) is 12.8 Å². The van der Waals surface area contributed by atoms with Crippen LogP contribution < -0.4 is 0 Å². The molecule has 0 aromatic carbocycles. The molecular formula is C10H12N2O3. The highest BCUT2D eigenvalue weighted by Gasteiger charge is 2.29. The lowest BCUT2D eigenvalue weighted by Crippen LogP contribution is -2.11. The quantitative estimate of drug-likeness (QED) is 0.780. The first-order valence-corrected chi connectivity index (χ1v) is 4.88. The molecule has 5 heteroatoms. The molecule has 5 nitrogen and oxygen atoms in total. The van der Waals surface area contributed by atoms with Gasteiger partial charge in [-0.2, -0.15) is 0 Å². The van der Waals surface area contributed by atoms with Crippen molar-refractivity contribution in [2.24, 2.45) is 0 Å². The van der Waals surface area contributed by atoms with Crippen LogP contribution in [0.3, 0.4) is 0 Å². The van der Waals surface area contributed by atoms with E-state index in [1.165, 1.54) is 13.1 Å². The molecular weight excluding hydrogens is 196 g/mol. The van der Waals surface area contributed by atoms with Crippen LogP contribution in [0.15, 0.2) is 6.20 Å². The SMILES string of the molecule is CC(C(=O)O)c1nc(C2CC2)ncc1O. The third kappa shape index (κ3) is 1.91. The smallest absolute Gasteiger partial charge is 0.312 e. The Hall–Kier alpha value is -1.65. The van der Waals surface area contributed by atoms with Crippen molar-refractivity contribution in [2.45, 2.75) is 31.6 Å². The lowest BCUT2D eigenvalue weighted by molar-refractivity contribution is -0.138. The highest BCUT2D eigenvalue weighted by atomic mass is 16.4. The van der Waals surface area contributed by atoms with E-state index in [-0.39, 0.29) is 11.4 Å². The summed E-state index contributed by atoms with van der Waals surface area (Å²) in [6.07, 6.45) is 3.38. The summed E-state index contributed by atoms with van der Waals surface area (Å²) in [5.74, 6) is -0.938. The van der Waals surface area contributed by atoms with E-state index in [0.29, 0.717) is 11.7 Å². The highest BCUT2D eigenvalue weighted by Crippen LogP contribution is 2.39. The summed E-state index contributed by atoms with van der Waals surface area (Å²) in [5.41, 5.74) is 0.208. The fourth-order valence-corrected chi connectivity index (χ4v) is 1.38. The number of carboxylic acids is 1. The number of carboxylic acid groups (broad SMARTS) is 1. The Morgan fingerprint density at radius 1 is 1.60 bits per heavy atom. The van der Waals surface area contributed by atoms with Gasteiger partial charge in [-0.15, -0.1) is 0 Å². The van der Waals surface area contributed by atoms with Gasteiger partial charge in [-0.25, -0.2) is 9.97 Å².